The second-order valence-electron chi connectivity index (χ2n) is 5.37. The van der Waals surface area contributed by atoms with Gasteiger partial charge in [-0.25, -0.2) is 4.98 Å². The molecule has 5 heteroatoms. The molecule has 114 valence electrons. The molecule has 3 rings (SSSR count). The molecule has 0 aliphatic carbocycles. The van der Waals surface area contributed by atoms with E-state index in [0.717, 1.165) is 29.2 Å². The van der Waals surface area contributed by atoms with E-state index in [9.17, 15) is 4.79 Å². The molecule has 1 saturated heterocycles. The summed E-state index contributed by atoms with van der Waals surface area (Å²) in [6.07, 6.45) is 4.45. The summed E-state index contributed by atoms with van der Waals surface area (Å²) in [5.41, 5.74) is 2.16. The molecule has 1 fully saturated rings. The Morgan fingerprint density at radius 3 is 2.86 bits per heavy atom. The zero-order chi connectivity index (χ0) is 15.5. The van der Waals surface area contributed by atoms with E-state index in [1.807, 2.05) is 23.5 Å². The van der Waals surface area contributed by atoms with Crippen LogP contribution in [0.1, 0.15) is 6.42 Å². The Labute approximate surface area is 134 Å². The van der Waals surface area contributed by atoms with Gasteiger partial charge in [0.2, 0.25) is 5.91 Å². The fraction of sp³-hybridized carbons (Fsp3) is 0.294. The number of anilines is 1. The number of carbonyl (C=O) groups is 1. The highest BCUT2D eigenvalue weighted by atomic mass is 32.1. The molecular formula is C17H19N3OS. The van der Waals surface area contributed by atoms with Gasteiger partial charge in [-0.2, -0.15) is 0 Å². The lowest BCUT2D eigenvalue weighted by molar-refractivity contribution is -0.128. The quantitative estimate of drug-likeness (QED) is 0.796. The molecule has 22 heavy (non-hydrogen) atoms. The highest BCUT2D eigenvalue weighted by molar-refractivity contribution is 7.13. The van der Waals surface area contributed by atoms with Gasteiger partial charge in [-0.3, -0.25) is 4.79 Å². The van der Waals surface area contributed by atoms with Crippen molar-refractivity contribution in [1.29, 1.82) is 0 Å². The van der Waals surface area contributed by atoms with Gasteiger partial charge in [0.1, 0.15) is 11.0 Å². The number of benzene rings is 1. The van der Waals surface area contributed by atoms with Crippen LogP contribution in [-0.2, 0) is 4.79 Å². The van der Waals surface area contributed by atoms with Crippen LogP contribution in [-0.4, -0.2) is 42.0 Å². The SMILES string of the molecule is C=CCN1CC[C@@H](N(C)c2ccc(-c3nccs3)cc2)C1=O. The summed E-state index contributed by atoms with van der Waals surface area (Å²) in [4.78, 5) is 20.6. The van der Waals surface area contributed by atoms with E-state index in [1.54, 1.807) is 17.4 Å². The van der Waals surface area contributed by atoms with Crippen LogP contribution < -0.4 is 4.90 Å². The van der Waals surface area contributed by atoms with Gasteiger partial charge in [-0.05, 0) is 30.7 Å². The Hall–Kier alpha value is -2.14. The Morgan fingerprint density at radius 2 is 2.23 bits per heavy atom. The number of likely N-dealkylation sites (tertiary alicyclic amines) is 1. The molecular weight excluding hydrogens is 294 g/mol. The molecule has 2 aromatic rings. The summed E-state index contributed by atoms with van der Waals surface area (Å²) in [6, 6.07) is 8.16. The number of carbonyl (C=O) groups excluding carboxylic acids is 1. The van der Waals surface area contributed by atoms with Crippen LogP contribution in [0.5, 0.6) is 0 Å². The molecule has 0 bridgehead atoms. The van der Waals surface area contributed by atoms with Gasteiger partial charge in [0, 0.05) is 43.0 Å². The Kier molecular flexibility index (Phi) is 4.24. The third-order valence-electron chi connectivity index (χ3n) is 4.04. The van der Waals surface area contributed by atoms with Crippen LogP contribution in [0.3, 0.4) is 0 Å². The second-order valence-corrected chi connectivity index (χ2v) is 6.27. The topological polar surface area (TPSA) is 36.4 Å². The first-order valence-electron chi connectivity index (χ1n) is 7.33. The number of amides is 1. The molecule has 1 amide bonds. The average Bonchev–Trinajstić information content (AvgIpc) is 3.18. The highest BCUT2D eigenvalue weighted by Crippen LogP contribution is 2.27. The average molecular weight is 313 g/mol. The summed E-state index contributed by atoms with van der Waals surface area (Å²) >= 11 is 1.63. The van der Waals surface area contributed by atoms with Gasteiger partial charge in [-0.15, -0.1) is 17.9 Å². The minimum absolute atomic E-state index is 0.0781. The summed E-state index contributed by atoms with van der Waals surface area (Å²) < 4.78 is 0. The number of aromatic nitrogens is 1. The maximum atomic E-state index is 12.4. The number of nitrogens with zero attached hydrogens (tertiary/aromatic N) is 3. The molecule has 0 spiro atoms. The van der Waals surface area contributed by atoms with E-state index in [-0.39, 0.29) is 11.9 Å². The minimum Gasteiger partial charge on any atom is -0.363 e. The maximum Gasteiger partial charge on any atom is 0.245 e. The lowest BCUT2D eigenvalue weighted by atomic mass is 10.1. The molecule has 4 nitrogen and oxygen atoms in total. The van der Waals surface area contributed by atoms with Crippen molar-refractivity contribution in [3.63, 3.8) is 0 Å². The fourth-order valence-corrected chi connectivity index (χ4v) is 3.45. The number of rotatable bonds is 5. The first-order chi connectivity index (χ1) is 10.7. The van der Waals surface area contributed by atoms with E-state index in [0.29, 0.717) is 6.54 Å². The number of hydrogen-bond donors (Lipinski definition) is 0. The summed E-state index contributed by atoms with van der Waals surface area (Å²) in [7, 11) is 1.98. The smallest absolute Gasteiger partial charge is 0.245 e. The zero-order valence-corrected chi connectivity index (χ0v) is 13.4. The lowest BCUT2D eigenvalue weighted by Gasteiger charge is -2.25. The molecule has 0 N–H and O–H groups in total. The van der Waals surface area contributed by atoms with Gasteiger partial charge < -0.3 is 9.80 Å². The molecule has 2 heterocycles. The standard InChI is InChI=1S/C17H19N3OS/c1-3-10-20-11-8-15(17(20)21)19(2)14-6-4-13(5-7-14)16-18-9-12-22-16/h3-7,9,12,15H,1,8,10-11H2,2H3/t15-/m1/s1. The van der Waals surface area contributed by atoms with Gasteiger partial charge in [0.05, 0.1) is 0 Å². The highest BCUT2D eigenvalue weighted by Gasteiger charge is 2.33. The van der Waals surface area contributed by atoms with Gasteiger partial charge >= 0.3 is 0 Å². The van der Waals surface area contributed by atoms with Gasteiger partial charge in [0.25, 0.3) is 0 Å². The summed E-state index contributed by atoms with van der Waals surface area (Å²) in [5.74, 6) is 0.186. The van der Waals surface area contributed by atoms with E-state index in [1.165, 1.54) is 0 Å². The molecule has 0 radical (unpaired) electrons. The maximum absolute atomic E-state index is 12.4. The zero-order valence-electron chi connectivity index (χ0n) is 12.6. The minimum atomic E-state index is -0.0781. The van der Waals surface area contributed by atoms with Crippen molar-refractivity contribution in [2.24, 2.45) is 0 Å². The van der Waals surface area contributed by atoms with Crippen LogP contribution in [0.25, 0.3) is 10.6 Å². The van der Waals surface area contributed by atoms with Crippen molar-refractivity contribution in [1.82, 2.24) is 9.88 Å². The number of likely N-dealkylation sites (N-methyl/N-ethyl adjacent to an activating group) is 1. The number of thiazole rings is 1. The Bertz CT molecular complexity index is 651. The Balaban J connectivity index is 1.74. The van der Waals surface area contributed by atoms with Crippen LogP contribution in [0.4, 0.5) is 5.69 Å². The van der Waals surface area contributed by atoms with Crippen molar-refractivity contribution in [2.45, 2.75) is 12.5 Å². The monoisotopic (exact) mass is 313 g/mol. The van der Waals surface area contributed by atoms with Crippen molar-refractivity contribution in [3.8, 4) is 10.6 Å². The molecule has 1 aliphatic heterocycles. The van der Waals surface area contributed by atoms with Crippen LogP contribution in [0.2, 0.25) is 0 Å². The van der Waals surface area contributed by atoms with E-state index in [4.69, 9.17) is 0 Å². The van der Waals surface area contributed by atoms with E-state index >= 15 is 0 Å². The largest absolute Gasteiger partial charge is 0.363 e. The molecule has 1 atom stereocenters. The van der Waals surface area contributed by atoms with Crippen molar-refractivity contribution < 1.29 is 4.79 Å². The van der Waals surface area contributed by atoms with Crippen LogP contribution in [0.15, 0.2) is 48.5 Å². The second kappa shape index (κ2) is 6.32. The molecule has 0 unspecified atom stereocenters. The third-order valence-corrected chi connectivity index (χ3v) is 4.86. The normalized spacial score (nSPS) is 17.8. The van der Waals surface area contributed by atoms with Crippen molar-refractivity contribution >= 4 is 22.9 Å². The predicted molar refractivity (Wildman–Crippen MR) is 91.1 cm³/mol. The molecule has 0 saturated carbocycles. The lowest BCUT2D eigenvalue weighted by Crippen LogP contribution is -2.39. The predicted octanol–water partition coefficient (Wildman–Crippen LogP) is 3.03. The first-order valence-corrected chi connectivity index (χ1v) is 8.21. The van der Waals surface area contributed by atoms with E-state index in [2.05, 4.69) is 40.7 Å². The fourth-order valence-electron chi connectivity index (χ4n) is 2.80. The van der Waals surface area contributed by atoms with Gasteiger partial charge in [-0.1, -0.05) is 6.08 Å². The molecule has 1 aromatic carbocycles. The third kappa shape index (κ3) is 2.76. The summed E-state index contributed by atoms with van der Waals surface area (Å²) in [6.45, 7) is 5.14. The van der Waals surface area contributed by atoms with Crippen molar-refractivity contribution in [2.75, 3.05) is 25.0 Å². The summed E-state index contributed by atoms with van der Waals surface area (Å²) in [5, 5.41) is 2.99. The molecule has 1 aromatic heterocycles. The molecule has 1 aliphatic rings. The van der Waals surface area contributed by atoms with Crippen LogP contribution >= 0.6 is 11.3 Å². The van der Waals surface area contributed by atoms with Gasteiger partial charge in [0.15, 0.2) is 0 Å². The van der Waals surface area contributed by atoms with Crippen molar-refractivity contribution in [3.05, 3.63) is 48.5 Å². The number of hydrogen-bond acceptors (Lipinski definition) is 4. The Morgan fingerprint density at radius 1 is 1.45 bits per heavy atom. The van der Waals surface area contributed by atoms with Crippen LogP contribution in [0, 0.1) is 0 Å². The first kappa shape index (κ1) is 14.8. The van der Waals surface area contributed by atoms with E-state index < -0.39 is 0 Å².